The predicted molar refractivity (Wildman–Crippen MR) is 90.0 cm³/mol. The summed E-state index contributed by atoms with van der Waals surface area (Å²) in [6.07, 6.45) is 4.97. The third-order valence-electron chi connectivity index (χ3n) is 3.04. The van der Waals surface area contributed by atoms with Crippen LogP contribution >= 0.6 is 0 Å². The molecule has 0 bridgehead atoms. The summed E-state index contributed by atoms with van der Waals surface area (Å²) < 4.78 is 5.63. The van der Waals surface area contributed by atoms with E-state index in [1.165, 1.54) is 6.33 Å². The van der Waals surface area contributed by atoms with Gasteiger partial charge in [0, 0.05) is 24.1 Å². The van der Waals surface area contributed by atoms with Crippen LogP contribution in [0.5, 0.6) is 5.75 Å². The fourth-order valence-corrected chi connectivity index (χ4v) is 1.97. The molecule has 3 rings (SSSR count). The molecule has 0 aliphatic heterocycles. The number of nitrogens with one attached hydrogen (secondary N) is 2. The van der Waals surface area contributed by atoms with Crippen molar-refractivity contribution in [1.82, 2.24) is 15.0 Å². The molecule has 0 saturated heterocycles. The third kappa shape index (κ3) is 4.67. The minimum Gasteiger partial charge on any atom is -0.492 e. The summed E-state index contributed by atoms with van der Waals surface area (Å²) in [6.45, 7) is 1.21. The lowest BCUT2D eigenvalue weighted by Gasteiger charge is -2.09. The molecule has 0 aliphatic rings. The SMILES string of the molecule is c1ccc(OCCNc2cc(Nc3ccncc3)ncn2)cc1. The molecular formula is C17H17N5O. The highest BCUT2D eigenvalue weighted by Crippen LogP contribution is 2.15. The Labute approximate surface area is 134 Å². The van der Waals surface area contributed by atoms with Gasteiger partial charge >= 0.3 is 0 Å². The Morgan fingerprint density at radius 3 is 2.52 bits per heavy atom. The van der Waals surface area contributed by atoms with Crippen molar-refractivity contribution in [2.45, 2.75) is 0 Å². The van der Waals surface area contributed by atoms with E-state index in [4.69, 9.17) is 4.74 Å². The number of nitrogens with zero attached hydrogens (tertiary/aromatic N) is 3. The van der Waals surface area contributed by atoms with Crippen LogP contribution in [0.2, 0.25) is 0 Å². The lowest BCUT2D eigenvalue weighted by Crippen LogP contribution is -2.12. The molecule has 0 fully saturated rings. The zero-order chi connectivity index (χ0) is 15.7. The summed E-state index contributed by atoms with van der Waals surface area (Å²) in [5.41, 5.74) is 0.928. The van der Waals surface area contributed by atoms with Gasteiger partial charge in [0.25, 0.3) is 0 Å². The molecule has 0 unspecified atom stereocenters. The summed E-state index contributed by atoms with van der Waals surface area (Å²) >= 11 is 0. The second-order valence-electron chi connectivity index (χ2n) is 4.74. The van der Waals surface area contributed by atoms with E-state index in [2.05, 4.69) is 25.6 Å². The minimum atomic E-state index is 0.557. The highest BCUT2D eigenvalue weighted by atomic mass is 16.5. The molecule has 0 radical (unpaired) electrons. The molecule has 0 saturated carbocycles. The van der Waals surface area contributed by atoms with Crippen LogP contribution < -0.4 is 15.4 Å². The maximum atomic E-state index is 5.63. The number of rotatable bonds is 7. The van der Waals surface area contributed by atoms with E-state index in [1.807, 2.05) is 48.5 Å². The second-order valence-corrected chi connectivity index (χ2v) is 4.74. The van der Waals surface area contributed by atoms with Gasteiger partial charge in [0.1, 0.15) is 30.3 Å². The lowest BCUT2D eigenvalue weighted by molar-refractivity contribution is 0.333. The van der Waals surface area contributed by atoms with E-state index in [-0.39, 0.29) is 0 Å². The fraction of sp³-hybridized carbons (Fsp3) is 0.118. The molecule has 2 aromatic heterocycles. The van der Waals surface area contributed by atoms with Crippen LogP contribution in [0.4, 0.5) is 17.3 Å². The smallest absolute Gasteiger partial charge is 0.135 e. The van der Waals surface area contributed by atoms with Crippen molar-refractivity contribution in [2.75, 3.05) is 23.8 Å². The molecule has 3 aromatic rings. The number of ether oxygens (including phenoxy) is 1. The lowest BCUT2D eigenvalue weighted by atomic mass is 10.3. The van der Waals surface area contributed by atoms with Crippen molar-refractivity contribution in [1.29, 1.82) is 0 Å². The van der Waals surface area contributed by atoms with Crippen molar-refractivity contribution in [3.05, 3.63) is 67.3 Å². The van der Waals surface area contributed by atoms with Crippen LogP contribution in [-0.4, -0.2) is 28.1 Å². The maximum Gasteiger partial charge on any atom is 0.135 e. The van der Waals surface area contributed by atoms with E-state index in [9.17, 15) is 0 Å². The third-order valence-corrected chi connectivity index (χ3v) is 3.04. The number of pyridine rings is 1. The summed E-state index contributed by atoms with van der Waals surface area (Å²) in [6, 6.07) is 15.3. The Hall–Kier alpha value is -3.15. The molecular weight excluding hydrogens is 290 g/mol. The van der Waals surface area contributed by atoms with Crippen molar-refractivity contribution < 1.29 is 4.74 Å². The summed E-state index contributed by atoms with van der Waals surface area (Å²) in [7, 11) is 0. The number of benzene rings is 1. The van der Waals surface area contributed by atoms with Crippen LogP contribution in [0.25, 0.3) is 0 Å². The van der Waals surface area contributed by atoms with E-state index in [0.29, 0.717) is 13.2 Å². The van der Waals surface area contributed by atoms with Gasteiger partial charge in [-0.1, -0.05) is 18.2 Å². The Bertz CT molecular complexity index is 721. The van der Waals surface area contributed by atoms with Gasteiger partial charge in [-0.05, 0) is 24.3 Å². The standard InChI is InChI=1S/C17H17N5O/c1-2-4-15(5-3-1)23-11-10-19-16-12-17(21-13-20-16)22-14-6-8-18-9-7-14/h1-9,12-13H,10-11H2,(H2,18,19,20,21,22). The first-order valence-corrected chi connectivity index (χ1v) is 7.31. The number of para-hydroxylation sites is 1. The van der Waals surface area contributed by atoms with E-state index in [1.54, 1.807) is 12.4 Å². The molecule has 0 aliphatic carbocycles. The molecule has 2 N–H and O–H groups in total. The minimum absolute atomic E-state index is 0.557. The zero-order valence-electron chi connectivity index (χ0n) is 12.5. The zero-order valence-corrected chi connectivity index (χ0v) is 12.5. The van der Waals surface area contributed by atoms with Crippen LogP contribution in [0.1, 0.15) is 0 Å². The molecule has 0 atom stereocenters. The van der Waals surface area contributed by atoms with E-state index >= 15 is 0 Å². The number of aromatic nitrogens is 3. The van der Waals surface area contributed by atoms with Crippen molar-refractivity contribution in [3.63, 3.8) is 0 Å². The van der Waals surface area contributed by atoms with Crippen molar-refractivity contribution >= 4 is 17.3 Å². The van der Waals surface area contributed by atoms with Gasteiger partial charge in [0.15, 0.2) is 0 Å². The summed E-state index contributed by atoms with van der Waals surface area (Å²) in [5, 5.41) is 6.41. The van der Waals surface area contributed by atoms with Gasteiger partial charge in [-0.3, -0.25) is 4.98 Å². The Morgan fingerprint density at radius 1 is 0.913 bits per heavy atom. The van der Waals surface area contributed by atoms with Crippen LogP contribution in [-0.2, 0) is 0 Å². The second kappa shape index (κ2) is 7.74. The normalized spacial score (nSPS) is 10.1. The first-order valence-electron chi connectivity index (χ1n) is 7.31. The number of hydrogen-bond acceptors (Lipinski definition) is 6. The largest absolute Gasteiger partial charge is 0.492 e. The summed E-state index contributed by atoms with van der Waals surface area (Å²) in [4.78, 5) is 12.4. The van der Waals surface area contributed by atoms with Crippen molar-refractivity contribution in [2.24, 2.45) is 0 Å². The Balaban J connectivity index is 1.49. The van der Waals surface area contributed by atoms with Crippen molar-refractivity contribution in [3.8, 4) is 5.75 Å². The number of hydrogen-bond donors (Lipinski definition) is 2. The number of anilines is 3. The molecule has 6 nitrogen and oxygen atoms in total. The Morgan fingerprint density at radius 2 is 1.70 bits per heavy atom. The molecule has 116 valence electrons. The maximum absolute atomic E-state index is 5.63. The fourth-order valence-electron chi connectivity index (χ4n) is 1.97. The van der Waals surface area contributed by atoms with E-state index in [0.717, 1.165) is 23.1 Å². The first kappa shape index (κ1) is 14.8. The molecule has 0 amide bonds. The quantitative estimate of drug-likeness (QED) is 0.654. The Kier molecular flexibility index (Phi) is 4.97. The van der Waals surface area contributed by atoms with Gasteiger partial charge in [0.2, 0.25) is 0 Å². The van der Waals surface area contributed by atoms with Gasteiger partial charge in [0.05, 0.1) is 6.54 Å². The van der Waals surface area contributed by atoms with Gasteiger partial charge in [-0.25, -0.2) is 9.97 Å². The first-order chi connectivity index (χ1) is 11.4. The predicted octanol–water partition coefficient (Wildman–Crippen LogP) is 3.11. The van der Waals surface area contributed by atoms with Gasteiger partial charge in [-0.2, -0.15) is 0 Å². The average Bonchev–Trinajstić information content (AvgIpc) is 2.61. The highest BCUT2D eigenvalue weighted by Gasteiger charge is 1.99. The molecule has 6 heteroatoms. The topological polar surface area (TPSA) is 72.0 Å². The summed E-state index contributed by atoms with van der Waals surface area (Å²) in [5.74, 6) is 2.32. The van der Waals surface area contributed by atoms with Crippen LogP contribution in [0.15, 0.2) is 67.3 Å². The van der Waals surface area contributed by atoms with E-state index < -0.39 is 0 Å². The highest BCUT2D eigenvalue weighted by molar-refractivity contribution is 5.57. The molecule has 0 spiro atoms. The molecule has 1 aromatic carbocycles. The molecule has 2 heterocycles. The van der Waals surface area contributed by atoms with Crippen LogP contribution in [0.3, 0.4) is 0 Å². The average molecular weight is 307 g/mol. The van der Waals surface area contributed by atoms with Gasteiger partial charge < -0.3 is 15.4 Å². The monoisotopic (exact) mass is 307 g/mol. The van der Waals surface area contributed by atoms with Crippen LogP contribution in [0, 0.1) is 0 Å². The molecule has 23 heavy (non-hydrogen) atoms. The van der Waals surface area contributed by atoms with Gasteiger partial charge in [-0.15, -0.1) is 0 Å².